The van der Waals surface area contributed by atoms with Gasteiger partial charge in [-0.25, -0.2) is 9.13 Å². The molecule has 0 saturated heterocycles. The molecular formula is C30H32N4+2. The molecule has 6 rings (SSSR count). The van der Waals surface area contributed by atoms with Crippen LogP contribution in [0.5, 0.6) is 0 Å². The smallest absolute Gasteiger partial charge is 0.193 e. The van der Waals surface area contributed by atoms with E-state index in [4.69, 9.17) is 0 Å². The fraction of sp³-hybridized carbons (Fsp3) is 0.267. The maximum absolute atomic E-state index is 3.55. The summed E-state index contributed by atoms with van der Waals surface area (Å²) in [6, 6.07) is 21.6. The molecule has 0 atom stereocenters. The summed E-state index contributed by atoms with van der Waals surface area (Å²) < 4.78 is 4.66. The molecule has 0 aliphatic heterocycles. The first kappa shape index (κ1) is 20.9. The van der Waals surface area contributed by atoms with Gasteiger partial charge in [-0.1, -0.05) is 49.2 Å². The predicted molar refractivity (Wildman–Crippen MR) is 140 cm³/mol. The second-order valence-electron chi connectivity index (χ2n) is 9.48. The summed E-state index contributed by atoms with van der Waals surface area (Å²) in [5.74, 6) is 0. The Labute approximate surface area is 199 Å². The van der Waals surface area contributed by atoms with E-state index in [0.717, 1.165) is 13.1 Å². The van der Waals surface area contributed by atoms with Crippen LogP contribution in [0.3, 0.4) is 0 Å². The average molecular weight is 449 g/mol. The summed E-state index contributed by atoms with van der Waals surface area (Å²) in [5.41, 5.74) is 4.89. The summed E-state index contributed by atoms with van der Waals surface area (Å²) in [6.07, 6.45) is 16.7. The Morgan fingerprint density at radius 2 is 0.853 bits per heavy atom. The van der Waals surface area contributed by atoms with Crippen molar-refractivity contribution in [3.8, 4) is 0 Å². The van der Waals surface area contributed by atoms with Crippen molar-refractivity contribution in [1.82, 2.24) is 9.97 Å². The zero-order valence-corrected chi connectivity index (χ0v) is 19.6. The molecule has 4 heterocycles. The molecule has 0 spiro atoms. The molecule has 0 amide bonds. The SMILES string of the molecule is c1ccc2c(c1)[nH]c1c[n+](CCCCCCCC[n+]3ccc4c(c3)[nH]c3ccccc34)ccc12. The molecule has 0 unspecified atom stereocenters. The molecule has 4 nitrogen and oxygen atoms in total. The third kappa shape index (κ3) is 4.16. The molecule has 2 aromatic carbocycles. The van der Waals surface area contributed by atoms with Gasteiger partial charge in [-0.15, -0.1) is 0 Å². The number of para-hydroxylation sites is 2. The van der Waals surface area contributed by atoms with Crippen molar-refractivity contribution >= 4 is 43.6 Å². The van der Waals surface area contributed by atoms with Gasteiger partial charge in [0.05, 0.1) is 0 Å². The van der Waals surface area contributed by atoms with Crippen LogP contribution in [0.4, 0.5) is 0 Å². The van der Waals surface area contributed by atoms with Crippen LogP contribution in [0.1, 0.15) is 38.5 Å². The molecule has 0 radical (unpaired) electrons. The van der Waals surface area contributed by atoms with Crippen molar-refractivity contribution in [2.75, 3.05) is 0 Å². The molecule has 4 aromatic heterocycles. The first-order valence-electron chi connectivity index (χ1n) is 12.6. The fourth-order valence-corrected chi connectivity index (χ4v) is 5.26. The Morgan fingerprint density at radius 3 is 1.35 bits per heavy atom. The summed E-state index contributed by atoms with van der Waals surface area (Å²) in [4.78, 5) is 7.10. The van der Waals surface area contributed by atoms with E-state index < -0.39 is 0 Å². The highest BCUT2D eigenvalue weighted by Crippen LogP contribution is 2.24. The predicted octanol–water partition coefficient (Wildman–Crippen LogP) is 6.57. The maximum atomic E-state index is 3.55. The quantitative estimate of drug-likeness (QED) is 0.185. The van der Waals surface area contributed by atoms with Crippen molar-refractivity contribution in [3.63, 3.8) is 0 Å². The zero-order valence-electron chi connectivity index (χ0n) is 19.6. The summed E-state index contributed by atoms with van der Waals surface area (Å²) in [5, 5.41) is 5.25. The zero-order chi connectivity index (χ0) is 22.7. The standard InChI is InChI=1S/C30H30N4/c1(3-9-17-33-19-15-25-23-11-5-7-13-27(23)31-29(25)21-33)2-4-10-18-34-20-16-26-24-12-6-8-14-28(24)32-30(26)22-34/h5-8,11-16,19-22H,1-4,9-10,17-18H2/p+2. The molecule has 170 valence electrons. The summed E-state index contributed by atoms with van der Waals surface area (Å²) >= 11 is 0. The van der Waals surface area contributed by atoms with Crippen LogP contribution in [-0.2, 0) is 13.1 Å². The molecule has 0 aliphatic carbocycles. The Hall–Kier alpha value is -3.66. The Morgan fingerprint density at radius 1 is 0.441 bits per heavy atom. The number of nitrogens with one attached hydrogen (secondary N) is 2. The number of benzene rings is 2. The third-order valence-corrected chi connectivity index (χ3v) is 7.09. The van der Waals surface area contributed by atoms with Crippen molar-refractivity contribution in [2.24, 2.45) is 0 Å². The number of H-pyrrole nitrogens is 2. The number of unbranched alkanes of at least 4 members (excludes halogenated alkanes) is 5. The van der Waals surface area contributed by atoms with E-state index in [1.807, 2.05) is 0 Å². The molecule has 0 aliphatic rings. The van der Waals surface area contributed by atoms with E-state index in [1.165, 1.54) is 82.1 Å². The molecule has 34 heavy (non-hydrogen) atoms. The molecule has 0 saturated carbocycles. The number of aromatic amines is 2. The summed E-state index contributed by atoms with van der Waals surface area (Å²) in [7, 11) is 0. The lowest BCUT2D eigenvalue weighted by Crippen LogP contribution is -2.32. The average Bonchev–Trinajstić information content (AvgIpc) is 3.43. The number of hydrogen-bond acceptors (Lipinski definition) is 0. The van der Waals surface area contributed by atoms with Crippen LogP contribution in [0.25, 0.3) is 43.6 Å². The Balaban J connectivity index is 0.937. The van der Waals surface area contributed by atoms with Gasteiger partial charge in [0, 0.05) is 57.6 Å². The first-order chi connectivity index (χ1) is 16.8. The minimum atomic E-state index is 1.09. The van der Waals surface area contributed by atoms with E-state index in [0.29, 0.717) is 0 Å². The number of fused-ring (bicyclic) bond motifs is 6. The number of hydrogen-bond donors (Lipinski definition) is 2. The lowest BCUT2D eigenvalue weighted by molar-refractivity contribution is -0.696. The number of rotatable bonds is 9. The number of aryl methyl sites for hydroxylation is 2. The number of nitrogens with zero attached hydrogens (tertiary/aromatic N) is 2. The van der Waals surface area contributed by atoms with Crippen molar-refractivity contribution in [3.05, 3.63) is 85.5 Å². The van der Waals surface area contributed by atoms with Gasteiger partial charge in [-0.2, -0.15) is 0 Å². The van der Waals surface area contributed by atoms with E-state index in [1.54, 1.807) is 0 Å². The highest BCUT2D eigenvalue weighted by Gasteiger charge is 2.10. The van der Waals surface area contributed by atoms with Crippen LogP contribution < -0.4 is 9.13 Å². The van der Waals surface area contributed by atoms with Gasteiger partial charge in [0.15, 0.2) is 24.8 Å². The second kappa shape index (κ2) is 9.30. The normalized spacial score (nSPS) is 11.9. The Bertz CT molecular complexity index is 1450. The van der Waals surface area contributed by atoms with Gasteiger partial charge in [0.2, 0.25) is 0 Å². The lowest BCUT2D eigenvalue weighted by atomic mass is 10.1. The van der Waals surface area contributed by atoms with Crippen LogP contribution in [0.15, 0.2) is 85.5 Å². The highest BCUT2D eigenvalue weighted by atomic mass is 14.9. The molecule has 0 fully saturated rings. The van der Waals surface area contributed by atoms with Crippen molar-refractivity contribution < 1.29 is 9.13 Å². The van der Waals surface area contributed by atoms with E-state index in [9.17, 15) is 0 Å². The van der Waals surface area contributed by atoms with Gasteiger partial charge in [-0.3, -0.25) is 0 Å². The van der Waals surface area contributed by atoms with Crippen LogP contribution in [0.2, 0.25) is 0 Å². The van der Waals surface area contributed by atoms with Gasteiger partial charge >= 0.3 is 0 Å². The van der Waals surface area contributed by atoms with Gasteiger partial charge < -0.3 is 9.97 Å². The minimum absolute atomic E-state index is 1.09. The number of aromatic nitrogens is 4. The largest absolute Gasteiger partial charge is 0.350 e. The van der Waals surface area contributed by atoms with Gasteiger partial charge in [0.1, 0.15) is 24.1 Å². The monoisotopic (exact) mass is 448 g/mol. The summed E-state index contributed by atoms with van der Waals surface area (Å²) in [6.45, 7) is 2.18. The highest BCUT2D eigenvalue weighted by molar-refractivity contribution is 6.07. The van der Waals surface area contributed by atoms with E-state index >= 15 is 0 Å². The second-order valence-corrected chi connectivity index (χ2v) is 9.48. The van der Waals surface area contributed by atoms with Crippen LogP contribution in [-0.4, -0.2) is 9.97 Å². The first-order valence-corrected chi connectivity index (χ1v) is 12.6. The van der Waals surface area contributed by atoms with Crippen LogP contribution >= 0.6 is 0 Å². The Kier molecular flexibility index (Phi) is 5.72. The molecule has 0 bridgehead atoms. The third-order valence-electron chi connectivity index (χ3n) is 7.09. The maximum Gasteiger partial charge on any atom is 0.193 e. The molecule has 2 N–H and O–H groups in total. The minimum Gasteiger partial charge on any atom is -0.350 e. The molecular weight excluding hydrogens is 416 g/mol. The van der Waals surface area contributed by atoms with Gasteiger partial charge in [-0.05, 0) is 25.0 Å². The van der Waals surface area contributed by atoms with E-state index in [2.05, 4.69) is 105 Å². The van der Waals surface area contributed by atoms with Crippen molar-refractivity contribution in [1.29, 1.82) is 0 Å². The van der Waals surface area contributed by atoms with Crippen LogP contribution in [0, 0.1) is 0 Å². The molecule has 6 aromatic rings. The fourth-order valence-electron chi connectivity index (χ4n) is 5.26. The lowest BCUT2D eigenvalue weighted by Gasteiger charge is -2.01. The van der Waals surface area contributed by atoms with Crippen molar-refractivity contribution in [2.45, 2.75) is 51.6 Å². The number of pyridine rings is 2. The molecule has 4 heteroatoms. The topological polar surface area (TPSA) is 39.3 Å². The van der Waals surface area contributed by atoms with E-state index in [-0.39, 0.29) is 0 Å². The van der Waals surface area contributed by atoms with Gasteiger partial charge in [0.25, 0.3) is 0 Å².